The molecule has 2 aliphatic rings. The number of nitrogens with zero attached hydrogens (tertiary/aromatic N) is 3. The number of rotatable bonds is 1. The highest BCUT2D eigenvalue weighted by molar-refractivity contribution is 9.10. The summed E-state index contributed by atoms with van der Waals surface area (Å²) in [6.07, 6.45) is 5.41. The van der Waals surface area contributed by atoms with Crippen molar-refractivity contribution in [3.05, 3.63) is 16.0 Å². The number of hydrogen-bond donors (Lipinski definition) is 1. The Hall–Kier alpha value is -0.390. The minimum Gasteiger partial charge on any atom is -0.393 e. The van der Waals surface area contributed by atoms with Crippen LogP contribution in [-0.2, 0) is 0 Å². The summed E-state index contributed by atoms with van der Waals surface area (Å²) in [6, 6.07) is 0.761. The molecule has 4 nitrogen and oxygen atoms in total. The van der Waals surface area contributed by atoms with Crippen LogP contribution in [0.3, 0.4) is 0 Å². The van der Waals surface area contributed by atoms with E-state index >= 15 is 0 Å². The molecule has 0 saturated carbocycles. The second-order valence-electron chi connectivity index (χ2n) is 4.73. The van der Waals surface area contributed by atoms with Gasteiger partial charge in [0.1, 0.15) is 5.82 Å². The van der Waals surface area contributed by atoms with Crippen molar-refractivity contribution in [3.8, 4) is 0 Å². The van der Waals surface area contributed by atoms with Crippen molar-refractivity contribution < 1.29 is 5.11 Å². The Morgan fingerprint density at radius 1 is 1.35 bits per heavy atom. The Morgan fingerprint density at radius 2 is 2.00 bits per heavy atom. The van der Waals surface area contributed by atoms with E-state index in [2.05, 4.69) is 30.8 Å². The molecule has 0 spiro atoms. The van der Waals surface area contributed by atoms with Crippen LogP contribution in [0.15, 0.2) is 10.7 Å². The van der Waals surface area contributed by atoms with Gasteiger partial charge in [-0.05, 0) is 53.2 Å². The monoisotopic (exact) mass is 317 g/mol. The lowest BCUT2D eigenvalue weighted by Gasteiger charge is -2.38. The number of aliphatic hydroxyl groups excluding tert-OH is 1. The van der Waals surface area contributed by atoms with Gasteiger partial charge < -0.3 is 10.0 Å². The molecule has 0 aromatic carbocycles. The van der Waals surface area contributed by atoms with Gasteiger partial charge in [0.2, 0.25) is 5.28 Å². The van der Waals surface area contributed by atoms with Gasteiger partial charge in [-0.2, -0.15) is 4.98 Å². The zero-order valence-corrected chi connectivity index (χ0v) is 11.5. The van der Waals surface area contributed by atoms with Crippen LogP contribution in [0.2, 0.25) is 5.28 Å². The van der Waals surface area contributed by atoms with Gasteiger partial charge in [-0.3, -0.25) is 0 Å². The lowest BCUT2D eigenvalue weighted by molar-refractivity contribution is 0.126. The molecule has 2 fully saturated rings. The second-order valence-corrected chi connectivity index (χ2v) is 5.92. The maximum Gasteiger partial charge on any atom is 0.224 e. The van der Waals surface area contributed by atoms with Crippen molar-refractivity contribution >= 4 is 33.3 Å². The summed E-state index contributed by atoms with van der Waals surface area (Å²) in [4.78, 5) is 10.6. The largest absolute Gasteiger partial charge is 0.393 e. The lowest BCUT2D eigenvalue weighted by Crippen LogP contribution is -2.45. The van der Waals surface area contributed by atoms with E-state index in [4.69, 9.17) is 11.6 Å². The minimum absolute atomic E-state index is 0.167. The molecule has 2 unspecified atom stereocenters. The Kier molecular flexibility index (Phi) is 3.00. The predicted octanol–water partition coefficient (Wildman–Crippen LogP) is 2.38. The molecular weight excluding hydrogens is 305 g/mol. The molecule has 2 aliphatic heterocycles. The van der Waals surface area contributed by atoms with Crippen LogP contribution in [0.4, 0.5) is 5.82 Å². The maximum atomic E-state index is 9.78. The van der Waals surface area contributed by atoms with Crippen molar-refractivity contribution in [2.24, 2.45) is 0 Å². The molecule has 6 heteroatoms. The van der Waals surface area contributed by atoms with E-state index in [1.807, 2.05) is 0 Å². The third-order valence-electron chi connectivity index (χ3n) is 3.65. The fraction of sp³-hybridized carbons (Fsp3) is 0.636. The van der Waals surface area contributed by atoms with E-state index in [9.17, 15) is 5.11 Å². The van der Waals surface area contributed by atoms with Gasteiger partial charge in [0.25, 0.3) is 0 Å². The Bertz CT molecular complexity index is 431. The number of aliphatic hydroxyl groups is 1. The SMILES string of the molecule is OC1CC2CCC(C1)N2c1nc(Cl)ncc1Br. The molecule has 3 rings (SSSR count). The first-order chi connectivity index (χ1) is 8.15. The average Bonchev–Trinajstić information content (AvgIpc) is 2.54. The van der Waals surface area contributed by atoms with E-state index in [0.29, 0.717) is 12.1 Å². The summed E-state index contributed by atoms with van der Waals surface area (Å²) >= 11 is 9.34. The van der Waals surface area contributed by atoms with E-state index in [0.717, 1.165) is 36.0 Å². The third kappa shape index (κ3) is 2.04. The van der Waals surface area contributed by atoms with Gasteiger partial charge in [-0.15, -0.1) is 0 Å². The number of anilines is 1. The summed E-state index contributed by atoms with van der Waals surface area (Å²) in [5.41, 5.74) is 0. The van der Waals surface area contributed by atoms with Crippen LogP contribution in [0, 0.1) is 0 Å². The smallest absolute Gasteiger partial charge is 0.224 e. The van der Waals surface area contributed by atoms with E-state index in [1.165, 1.54) is 0 Å². The predicted molar refractivity (Wildman–Crippen MR) is 69.3 cm³/mol. The number of halogens is 2. The highest BCUT2D eigenvalue weighted by atomic mass is 79.9. The van der Waals surface area contributed by atoms with Gasteiger partial charge in [-0.25, -0.2) is 4.98 Å². The molecule has 1 aromatic heterocycles. The maximum absolute atomic E-state index is 9.78. The third-order valence-corrected chi connectivity index (χ3v) is 4.39. The number of fused-ring (bicyclic) bond motifs is 2. The van der Waals surface area contributed by atoms with Crippen LogP contribution in [-0.4, -0.2) is 33.3 Å². The standard InChI is InChI=1S/C11H13BrClN3O/c12-9-5-14-11(13)15-10(9)16-6-1-2-7(16)4-8(17)3-6/h5-8,17H,1-4H2. The normalized spacial score (nSPS) is 31.9. The summed E-state index contributed by atoms with van der Waals surface area (Å²) in [5.74, 6) is 0.865. The summed E-state index contributed by atoms with van der Waals surface area (Å²) in [5, 5.41) is 10.1. The molecule has 0 radical (unpaired) electrons. The van der Waals surface area contributed by atoms with Crippen LogP contribution in [0.25, 0.3) is 0 Å². The van der Waals surface area contributed by atoms with Crippen LogP contribution in [0.1, 0.15) is 25.7 Å². The topological polar surface area (TPSA) is 49.2 Å². The van der Waals surface area contributed by atoms with Gasteiger partial charge >= 0.3 is 0 Å². The Morgan fingerprint density at radius 3 is 2.65 bits per heavy atom. The van der Waals surface area contributed by atoms with Gasteiger partial charge in [0.05, 0.1) is 10.6 Å². The molecule has 3 heterocycles. The van der Waals surface area contributed by atoms with Crippen molar-refractivity contribution in [3.63, 3.8) is 0 Å². The molecule has 0 aliphatic carbocycles. The molecule has 1 aromatic rings. The average molecular weight is 319 g/mol. The quantitative estimate of drug-likeness (QED) is 0.808. The van der Waals surface area contributed by atoms with E-state index in [1.54, 1.807) is 6.20 Å². The molecule has 2 atom stereocenters. The van der Waals surface area contributed by atoms with Crippen molar-refractivity contribution in [2.75, 3.05) is 4.90 Å². The zero-order chi connectivity index (χ0) is 12.0. The lowest BCUT2D eigenvalue weighted by atomic mass is 10.00. The highest BCUT2D eigenvalue weighted by Gasteiger charge is 2.41. The van der Waals surface area contributed by atoms with Crippen molar-refractivity contribution in [1.29, 1.82) is 0 Å². The molecule has 1 N–H and O–H groups in total. The van der Waals surface area contributed by atoms with Crippen molar-refractivity contribution in [1.82, 2.24) is 9.97 Å². The Labute approximate surface area is 113 Å². The molecule has 92 valence electrons. The fourth-order valence-corrected chi connectivity index (χ4v) is 3.54. The summed E-state index contributed by atoms with van der Waals surface area (Å²) in [6.45, 7) is 0. The molecule has 2 saturated heterocycles. The highest BCUT2D eigenvalue weighted by Crippen LogP contribution is 2.41. The van der Waals surface area contributed by atoms with Crippen molar-refractivity contribution in [2.45, 2.75) is 43.9 Å². The Balaban J connectivity index is 1.97. The summed E-state index contributed by atoms with van der Waals surface area (Å²) < 4.78 is 0.871. The van der Waals surface area contributed by atoms with E-state index in [-0.39, 0.29) is 11.4 Å². The van der Waals surface area contributed by atoms with Gasteiger partial charge in [0.15, 0.2) is 0 Å². The second kappa shape index (κ2) is 4.37. The number of piperidine rings is 1. The van der Waals surface area contributed by atoms with Gasteiger partial charge in [-0.1, -0.05) is 0 Å². The number of hydrogen-bond acceptors (Lipinski definition) is 4. The minimum atomic E-state index is -0.167. The van der Waals surface area contributed by atoms with Crippen LogP contribution in [0.5, 0.6) is 0 Å². The zero-order valence-electron chi connectivity index (χ0n) is 9.18. The van der Waals surface area contributed by atoms with E-state index < -0.39 is 0 Å². The van der Waals surface area contributed by atoms with Crippen LogP contribution >= 0.6 is 27.5 Å². The molecule has 2 bridgehead atoms. The first kappa shape index (κ1) is 11.7. The molecular formula is C11H13BrClN3O. The number of aromatic nitrogens is 2. The summed E-state index contributed by atoms with van der Waals surface area (Å²) in [7, 11) is 0. The fourth-order valence-electron chi connectivity index (χ4n) is 3.01. The molecule has 0 amide bonds. The molecule has 17 heavy (non-hydrogen) atoms. The van der Waals surface area contributed by atoms with Crippen LogP contribution < -0.4 is 4.90 Å². The first-order valence-electron chi connectivity index (χ1n) is 5.79. The van der Waals surface area contributed by atoms with Gasteiger partial charge in [0, 0.05) is 18.3 Å². The first-order valence-corrected chi connectivity index (χ1v) is 6.96.